The fourth-order valence-corrected chi connectivity index (χ4v) is 3.36. The highest BCUT2D eigenvalue weighted by molar-refractivity contribution is 5.89. The lowest BCUT2D eigenvalue weighted by Crippen LogP contribution is -2.49. The summed E-state index contributed by atoms with van der Waals surface area (Å²) in [5.74, 6) is 0.113. The summed E-state index contributed by atoms with van der Waals surface area (Å²) in [6.45, 7) is 3.38. The third kappa shape index (κ3) is 4.10. The Balaban J connectivity index is 1.46. The minimum Gasteiger partial charge on any atom is -0.459 e. The Bertz CT molecular complexity index is 532. The number of amides is 1. The van der Waals surface area contributed by atoms with Crippen LogP contribution in [-0.2, 0) is 9.53 Å². The fraction of sp³-hybridized carbons (Fsp3) is 0.556. The van der Waals surface area contributed by atoms with Gasteiger partial charge >= 0.3 is 5.97 Å². The van der Waals surface area contributed by atoms with Crippen molar-refractivity contribution in [1.29, 1.82) is 0 Å². The maximum absolute atomic E-state index is 12.5. The van der Waals surface area contributed by atoms with Gasteiger partial charge in [0.05, 0.1) is 5.56 Å². The molecule has 124 valence electrons. The molecule has 1 aliphatic heterocycles. The molecule has 5 heteroatoms. The highest BCUT2D eigenvalue weighted by Crippen LogP contribution is 2.28. The Labute approximate surface area is 137 Å². The van der Waals surface area contributed by atoms with Crippen LogP contribution in [0.2, 0.25) is 0 Å². The van der Waals surface area contributed by atoms with Crippen LogP contribution in [0.4, 0.5) is 0 Å². The number of hydrogen-bond acceptors (Lipinski definition) is 4. The summed E-state index contributed by atoms with van der Waals surface area (Å²) < 4.78 is 5.58. The number of nitrogens with one attached hydrogen (secondary N) is 1. The van der Waals surface area contributed by atoms with E-state index in [0.29, 0.717) is 5.56 Å². The second kappa shape index (κ2) is 7.59. The van der Waals surface area contributed by atoms with Gasteiger partial charge in [0, 0.05) is 32.1 Å². The average molecular weight is 316 g/mol. The summed E-state index contributed by atoms with van der Waals surface area (Å²) in [6.07, 6.45) is 3.13. The van der Waals surface area contributed by atoms with E-state index in [1.165, 1.54) is 0 Å². The molecule has 1 N–H and O–H groups in total. The fourth-order valence-electron chi connectivity index (χ4n) is 3.36. The third-order valence-corrected chi connectivity index (χ3v) is 4.74. The van der Waals surface area contributed by atoms with E-state index in [0.717, 1.165) is 51.9 Å². The van der Waals surface area contributed by atoms with Gasteiger partial charge in [-0.05, 0) is 37.8 Å². The van der Waals surface area contributed by atoms with Gasteiger partial charge in [0.1, 0.15) is 6.10 Å². The summed E-state index contributed by atoms with van der Waals surface area (Å²) in [6, 6.07) is 9.08. The zero-order chi connectivity index (χ0) is 16.1. The molecule has 2 fully saturated rings. The number of rotatable bonds is 3. The average Bonchev–Trinajstić information content (AvgIpc) is 2.63. The van der Waals surface area contributed by atoms with Crippen molar-refractivity contribution in [3.63, 3.8) is 0 Å². The summed E-state index contributed by atoms with van der Waals surface area (Å²) in [5, 5.41) is 3.27. The number of benzene rings is 1. The van der Waals surface area contributed by atoms with E-state index in [1.54, 1.807) is 12.1 Å². The molecule has 1 saturated carbocycles. The molecule has 1 aromatic carbocycles. The molecular weight excluding hydrogens is 292 g/mol. The van der Waals surface area contributed by atoms with Crippen LogP contribution >= 0.6 is 0 Å². The predicted molar refractivity (Wildman–Crippen MR) is 87.1 cm³/mol. The summed E-state index contributed by atoms with van der Waals surface area (Å²) in [7, 11) is 0. The molecule has 0 spiro atoms. The highest BCUT2D eigenvalue weighted by atomic mass is 16.5. The smallest absolute Gasteiger partial charge is 0.338 e. The van der Waals surface area contributed by atoms with Crippen molar-refractivity contribution in [2.24, 2.45) is 5.92 Å². The van der Waals surface area contributed by atoms with Crippen LogP contribution < -0.4 is 5.32 Å². The van der Waals surface area contributed by atoms with Crippen molar-refractivity contribution in [3.8, 4) is 0 Å². The molecule has 5 nitrogen and oxygen atoms in total. The Hall–Kier alpha value is -1.88. The molecule has 0 atom stereocenters. The van der Waals surface area contributed by atoms with Gasteiger partial charge in [-0.3, -0.25) is 4.79 Å². The van der Waals surface area contributed by atoms with Crippen LogP contribution in [0, 0.1) is 5.92 Å². The van der Waals surface area contributed by atoms with Gasteiger partial charge in [-0.1, -0.05) is 18.2 Å². The standard InChI is InChI=1S/C18H24N2O3/c21-17(20-12-10-19-11-13-20)14-6-8-16(9-7-14)23-18(22)15-4-2-1-3-5-15/h1-5,14,16,19H,6-13H2/t14-,16+. The molecule has 1 aliphatic carbocycles. The first-order chi connectivity index (χ1) is 11.2. The molecule has 0 unspecified atom stereocenters. The minimum absolute atomic E-state index is 0.0604. The molecule has 0 bridgehead atoms. The monoisotopic (exact) mass is 316 g/mol. The van der Waals surface area contributed by atoms with Gasteiger partial charge in [-0.25, -0.2) is 4.79 Å². The number of carbonyl (C=O) groups excluding carboxylic acids is 2. The van der Waals surface area contributed by atoms with Gasteiger partial charge in [0.25, 0.3) is 0 Å². The van der Waals surface area contributed by atoms with Crippen molar-refractivity contribution in [2.45, 2.75) is 31.8 Å². The van der Waals surface area contributed by atoms with Crippen LogP contribution in [0.15, 0.2) is 30.3 Å². The SMILES string of the molecule is O=C(O[C@H]1CC[C@@H](C(=O)N2CCNCC2)CC1)c1ccccc1. The number of esters is 1. The first kappa shape index (κ1) is 16.0. The maximum atomic E-state index is 12.5. The van der Waals surface area contributed by atoms with E-state index >= 15 is 0 Å². The van der Waals surface area contributed by atoms with Crippen molar-refractivity contribution in [3.05, 3.63) is 35.9 Å². The lowest BCUT2D eigenvalue weighted by atomic mass is 9.86. The van der Waals surface area contributed by atoms with Crippen LogP contribution in [0.25, 0.3) is 0 Å². The van der Waals surface area contributed by atoms with Crippen LogP contribution in [0.1, 0.15) is 36.0 Å². The molecule has 0 aromatic heterocycles. The van der Waals surface area contributed by atoms with Gasteiger partial charge in [0.15, 0.2) is 0 Å². The summed E-state index contributed by atoms with van der Waals surface area (Å²) in [4.78, 5) is 26.5. The van der Waals surface area contributed by atoms with Gasteiger partial charge in [0.2, 0.25) is 5.91 Å². The van der Waals surface area contributed by atoms with Gasteiger partial charge in [-0.15, -0.1) is 0 Å². The van der Waals surface area contributed by atoms with E-state index in [9.17, 15) is 9.59 Å². The van der Waals surface area contributed by atoms with Crippen LogP contribution in [0.3, 0.4) is 0 Å². The van der Waals surface area contributed by atoms with E-state index < -0.39 is 0 Å². The largest absolute Gasteiger partial charge is 0.459 e. The molecule has 1 heterocycles. The first-order valence-electron chi connectivity index (χ1n) is 8.49. The molecule has 1 amide bonds. The third-order valence-electron chi connectivity index (χ3n) is 4.74. The van der Waals surface area contributed by atoms with E-state index in [-0.39, 0.29) is 23.9 Å². The van der Waals surface area contributed by atoms with E-state index in [4.69, 9.17) is 4.74 Å². The number of hydrogen-bond donors (Lipinski definition) is 1. The zero-order valence-electron chi connectivity index (χ0n) is 13.4. The lowest BCUT2D eigenvalue weighted by Gasteiger charge is -2.34. The summed E-state index contributed by atoms with van der Waals surface area (Å²) >= 11 is 0. The Morgan fingerprint density at radius 2 is 1.65 bits per heavy atom. The second-order valence-electron chi connectivity index (χ2n) is 6.32. The Kier molecular flexibility index (Phi) is 5.28. The maximum Gasteiger partial charge on any atom is 0.338 e. The first-order valence-corrected chi connectivity index (χ1v) is 8.49. The van der Waals surface area contributed by atoms with E-state index in [1.807, 2.05) is 23.1 Å². The van der Waals surface area contributed by atoms with Crippen molar-refractivity contribution in [2.75, 3.05) is 26.2 Å². The van der Waals surface area contributed by atoms with Crippen molar-refractivity contribution < 1.29 is 14.3 Å². The van der Waals surface area contributed by atoms with Gasteiger partial charge < -0.3 is 15.0 Å². The minimum atomic E-state index is -0.262. The summed E-state index contributed by atoms with van der Waals surface area (Å²) in [5.41, 5.74) is 0.589. The molecule has 1 saturated heterocycles. The number of piperazine rings is 1. The molecular formula is C18H24N2O3. The molecule has 0 radical (unpaired) electrons. The quantitative estimate of drug-likeness (QED) is 0.865. The second-order valence-corrected chi connectivity index (χ2v) is 6.32. The van der Waals surface area contributed by atoms with Crippen molar-refractivity contribution in [1.82, 2.24) is 10.2 Å². The topological polar surface area (TPSA) is 58.6 Å². The zero-order valence-corrected chi connectivity index (χ0v) is 13.4. The number of nitrogens with zero attached hydrogens (tertiary/aromatic N) is 1. The normalized spacial score (nSPS) is 25.0. The highest BCUT2D eigenvalue weighted by Gasteiger charge is 2.31. The van der Waals surface area contributed by atoms with Gasteiger partial charge in [-0.2, -0.15) is 0 Å². The van der Waals surface area contributed by atoms with E-state index in [2.05, 4.69) is 5.32 Å². The molecule has 23 heavy (non-hydrogen) atoms. The lowest BCUT2D eigenvalue weighted by molar-refractivity contribution is -0.137. The van der Waals surface area contributed by atoms with Crippen molar-refractivity contribution >= 4 is 11.9 Å². The van der Waals surface area contributed by atoms with Crippen LogP contribution in [-0.4, -0.2) is 49.1 Å². The Morgan fingerprint density at radius 3 is 2.30 bits per heavy atom. The Morgan fingerprint density at radius 1 is 1.00 bits per heavy atom. The molecule has 2 aliphatic rings. The number of carbonyl (C=O) groups is 2. The molecule has 1 aromatic rings. The van der Waals surface area contributed by atoms with Crippen LogP contribution in [0.5, 0.6) is 0 Å². The number of ether oxygens (including phenoxy) is 1. The molecule has 3 rings (SSSR count). The predicted octanol–water partition coefficient (Wildman–Crippen LogP) is 1.83.